The van der Waals surface area contributed by atoms with Crippen LogP contribution in [-0.4, -0.2) is 19.6 Å². The van der Waals surface area contributed by atoms with Crippen molar-refractivity contribution >= 4 is 5.69 Å². The van der Waals surface area contributed by atoms with Crippen LogP contribution in [0.2, 0.25) is 0 Å². The molecule has 104 valence electrons. The normalized spacial score (nSPS) is 20.8. The molecule has 1 fully saturated rings. The van der Waals surface area contributed by atoms with E-state index in [0.29, 0.717) is 6.04 Å². The summed E-state index contributed by atoms with van der Waals surface area (Å²) in [4.78, 5) is 2.35. The maximum atomic E-state index is 3.73. The van der Waals surface area contributed by atoms with Gasteiger partial charge in [-0.25, -0.2) is 0 Å². The Morgan fingerprint density at radius 1 is 1.32 bits per heavy atom. The first kappa shape index (κ1) is 13.0. The molecule has 0 bridgehead atoms. The molecular formula is C17H26N2. The monoisotopic (exact) mass is 258 g/mol. The van der Waals surface area contributed by atoms with E-state index in [1.165, 1.54) is 55.5 Å². The third-order valence-electron chi connectivity index (χ3n) is 5.01. The lowest BCUT2D eigenvalue weighted by atomic mass is 9.99. The number of anilines is 1. The van der Waals surface area contributed by atoms with Gasteiger partial charge >= 0.3 is 0 Å². The summed E-state index contributed by atoms with van der Waals surface area (Å²) in [5, 5.41) is 3.73. The van der Waals surface area contributed by atoms with Crippen molar-refractivity contribution in [2.45, 2.75) is 51.6 Å². The van der Waals surface area contributed by atoms with E-state index < -0.39 is 0 Å². The van der Waals surface area contributed by atoms with Crippen molar-refractivity contribution in [2.75, 3.05) is 18.5 Å². The number of nitrogens with one attached hydrogen (secondary N) is 1. The Hall–Kier alpha value is -1.02. The molecular weight excluding hydrogens is 232 g/mol. The van der Waals surface area contributed by atoms with Crippen LogP contribution >= 0.6 is 0 Å². The van der Waals surface area contributed by atoms with Crippen LogP contribution in [0.15, 0.2) is 18.2 Å². The van der Waals surface area contributed by atoms with Gasteiger partial charge in [0.15, 0.2) is 0 Å². The molecule has 1 aliphatic carbocycles. The first-order valence-electron chi connectivity index (χ1n) is 7.80. The molecule has 1 aromatic rings. The fourth-order valence-electron chi connectivity index (χ4n) is 3.63. The number of hydrogen-bond acceptors (Lipinski definition) is 2. The van der Waals surface area contributed by atoms with Gasteiger partial charge in [0.05, 0.1) is 0 Å². The molecule has 0 amide bonds. The van der Waals surface area contributed by atoms with Crippen molar-refractivity contribution in [1.82, 2.24) is 5.32 Å². The third-order valence-corrected chi connectivity index (χ3v) is 5.01. The minimum absolute atomic E-state index is 0.665. The summed E-state index contributed by atoms with van der Waals surface area (Å²) in [5.74, 6) is 0.903. The summed E-state index contributed by atoms with van der Waals surface area (Å²) in [6.45, 7) is 4.55. The van der Waals surface area contributed by atoms with E-state index in [-0.39, 0.29) is 0 Å². The molecule has 0 saturated heterocycles. The van der Waals surface area contributed by atoms with Gasteiger partial charge in [-0.3, -0.25) is 0 Å². The van der Waals surface area contributed by atoms with Crippen molar-refractivity contribution < 1.29 is 0 Å². The number of rotatable bonds is 4. The number of hydrogen-bond donors (Lipinski definition) is 1. The maximum absolute atomic E-state index is 3.73. The summed E-state index contributed by atoms with van der Waals surface area (Å²) in [6.07, 6.45) is 6.91. The van der Waals surface area contributed by atoms with Crippen LogP contribution in [0, 0.1) is 5.92 Å². The van der Waals surface area contributed by atoms with Crippen molar-refractivity contribution in [3.63, 3.8) is 0 Å². The Morgan fingerprint density at radius 3 is 2.89 bits per heavy atom. The Labute approximate surface area is 117 Å². The Bertz CT molecular complexity index is 435. The van der Waals surface area contributed by atoms with E-state index in [1.54, 1.807) is 0 Å². The van der Waals surface area contributed by atoms with Crippen molar-refractivity contribution in [3.8, 4) is 0 Å². The smallest absolute Gasteiger partial charge is 0.0397 e. The van der Waals surface area contributed by atoms with Gasteiger partial charge in [-0.1, -0.05) is 25.0 Å². The molecule has 0 radical (unpaired) electrons. The van der Waals surface area contributed by atoms with Crippen LogP contribution in [0.25, 0.3) is 0 Å². The highest BCUT2D eigenvalue weighted by molar-refractivity contribution is 5.58. The first-order valence-corrected chi connectivity index (χ1v) is 7.80. The molecule has 19 heavy (non-hydrogen) atoms. The Morgan fingerprint density at radius 2 is 2.11 bits per heavy atom. The Balaban J connectivity index is 1.58. The summed E-state index contributed by atoms with van der Waals surface area (Å²) >= 11 is 0. The van der Waals surface area contributed by atoms with Crippen LogP contribution in [0.1, 0.15) is 43.7 Å². The van der Waals surface area contributed by atoms with Gasteiger partial charge < -0.3 is 10.2 Å². The zero-order valence-electron chi connectivity index (χ0n) is 12.3. The van der Waals surface area contributed by atoms with E-state index >= 15 is 0 Å². The van der Waals surface area contributed by atoms with E-state index in [2.05, 4.69) is 42.4 Å². The van der Waals surface area contributed by atoms with Crippen LogP contribution in [0.5, 0.6) is 0 Å². The molecule has 1 aliphatic heterocycles. The number of benzene rings is 1. The molecule has 1 atom stereocenters. The second kappa shape index (κ2) is 5.54. The van der Waals surface area contributed by atoms with Crippen LogP contribution in [-0.2, 0) is 13.0 Å². The number of nitrogens with zero attached hydrogens (tertiary/aromatic N) is 1. The lowest BCUT2D eigenvalue weighted by molar-refractivity contribution is 0.380. The standard InChI is InChI=1S/C17H26N2/c1-13(15-5-3-4-6-15)18-12-14-7-8-17-16(11-14)9-10-19(17)2/h7-8,11,13,15,18H,3-6,9-10,12H2,1-2H3. The van der Waals surface area contributed by atoms with Gasteiger partial charge in [0, 0.05) is 31.9 Å². The first-order chi connectivity index (χ1) is 9.24. The summed E-state index contributed by atoms with van der Waals surface area (Å²) in [7, 11) is 2.19. The molecule has 0 spiro atoms. The predicted octanol–water partition coefficient (Wildman–Crippen LogP) is 3.35. The summed E-state index contributed by atoms with van der Waals surface area (Å²) < 4.78 is 0. The van der Waals surface area contributed by atoms with E-state index in [1.807, 2.05) is 0 Å². The van der Waals surface area contributed by atoms with Gasteiger partial charge in [0.2, 0.25) is 0 Å². The SMILES string of the molecule is CC(NCc1ccc2c(c1)CCN2C)C1CCCC1. The minimum atomic E-state index is 0.665. The molecule has 1 saturated carbocycles. The summed E-state index contributed by atoms with van der Waals surface area (Å²) in [6, 6.07) is 7.64. The third kappa shape index (κ3) is 2.79. The fraction of sp³-hybridized carbons (Fsp3) is 0.647. The van der Waals surface area contributed by atoms with Gasteiger partial charge in [0.1, 0.15) is 0 Å². The second-order valence-electron chi connectivity index (χ2n) is 6.35. The lowest BCUT2D eigenvalue weighted by Crippen LogP contribution is -2.31. The quantitative estimate of drug-likeness (QED) is 0.891. The highest BCUT2D eigenvalue weighted by atomic mass is 15.1. The molecule has 2 heteroatoms. The zero-order chi connectivity index (χ0) is 13.2. The largest absolute Gasteiger partial charge is 0.374 e. The molecule has 1 N–H and O–H groups in total. The highest BCUT2D eigenvalue weighted by Crippen LogP contribution is 2.29. The van der Waals surface area contributed by atoms with E-state index in [0.717, 1.165) is 12.5 Å². The second-order valence-corrected chi connectivity index (χ2v) is 6.35. The van der Waals surface area contributed by atoms with Crippen molar-refractivity contribution in [2.24, 2.45) is 5.92 Å². The molecule has 2 aliphatic rings. The minimum Gasteiger partial charge on any atom is -0.374 e. The maximum Gasteiger partial charge on any atom is 0.0397 e. The van der Waals surface area contributed by atoms with Gasteiger partial charge in [-0.2, -0.15) is 0 Å². The highest BCUT2D eigenvalue weighted by Gasteiger charge is 2.21. The average molecular weight is 258 g/mol. The van der Waals surface area contributed by atoms with E-state index in [9.17, 15) is 0 Å². The van der Waals surface area contributed by atoms with Gasteiger partial charge in [-0.15, -0.1) is 0 Å². The number of likely N-dealkylation sites (N-methyl/N-ethyl adjacent to an activating group) is 1. The topological polar surface area (TPSA) is 15.3 Å². The molecule has 1 unspecified atom stereocenters. The van der Waals surface area contributed by atoms with Gasteiger partial charge in [0.25, 0.3) is 0 Å². The zero-order valence-corrected chi connectivity index (χ0v) is 12.3. The lowest BCUT2D eigenvalue weighted by Gasteiger charge is -2.20. The fourth-order valence-corrected chi connectivity index (χ4v) is 3.63. The molecule has 3 rings (SSSR count). The van der Waals surface area contributed by atoms with Gasteiger partial charge in [-0.05, 0) is 49.3 Å². The van der Waals surface area contributed by atoms with Crippen molar-refractivity contribution in [3.05, 3.63) is 29.3 Å². The van der Waals surface area contributed by atoms with E-state index in [4.69, 9.17) is 0 Å². The number of fused-ring (bicyclic) bond motifs is 1. The average Bonchev–Trinajstić information content (AvgIpc) is 3.06. The summed E-state index contributed by atoms with van der Waals surface area (Å²) in [5.41, 5.74) is 4.39. The Kier molecular flexibility index (Phi) is 3.79. The predicted molar refractivity (Wildman–Crippen MR) is 81.7 cm³/mol. The van der Waals surface area contributed by atoms with Crippen LogP contribution < -0.4 is 10.2 Å². The molecule has 1 heterocycles. The molecule has 2 nitrogen and oxygen atoms in total. The van der Waals surface area contributed by atoms with Crippen molar-refractivity contribution in [1.29, 1.82) is 0 Å². The van der Waals surface area contributed by atoms with Crippen LogP contribution in [0.3, 0.4) is 0 Å². The van der Waals surface area contributed by atoms with Crippen LogP contribution in [0.4, 0.5) is 5.69 Å². The molecule has 0 aromatic heterocycles. The molecule has 1 aromatic carbocycles.